The van der Waals surface area contributed by atoms with Crippen molar-refractivity contribution in [3.63, 3.8) is 0 Å². The first kappa shape index (κ1) is 30.3. The summed E-state index contributed by atoms with van der Waals surface area (Å²) < 4.78 is 5.49. The molecule has 0 unspecified atom stereocenters. The minimum atomic E-state index is 0.123. The predicted molar refractivity (Wildman–Crippen MR) is 183 cm³/mol. The highest BCUT2D eigenvalue weighted by atomic mass is 16.5. The Labute approximate surface area is 259 Å². The molecule has 0 bridgehead atoms. The molecule has 5 aromatic carbocycles. The zero-order valence-corrected chi connectivity index (χ0v) is 25.8. The highest BCUT2D eigenvalue weighted by Crippen LogP contribution is 2.37. The van der Waals surface area contributed by atoms with E-state index in [4.69, 9.17) is 14.7 Å². The summed E-state index contributed by atoms with van der Waals surface area (Å²) in [7, 11) is 1.61. The van der Waals surface area contributed by atoms with Gasteiger partial charge in [0.05, 0.1) is 18.5 Å². The van der Waals surface area contributed by atoms with Gasteiger partial charge in [0.2, 0.25) is 0 Å². The third kappa shape index (κ3) is 6.73. The van der Waals surface area contributed by atoms with Crippen molar-refractivity contribution in [2.75, 3.05) is 7.11 Å². The van der Waals surface area contributed by atoms with Gasteiger partial charge in [0.1, 0.15) is 17.2 Å². The number of phenolic OH excluding ortho intramolecular Hbond substituents is 2. The van der Waals surface area contributed by atoms with Crippen LogP contribution in [0.5, 0.6) is 17.2 Å². The van der Waals surface area contributed by atoms with Gasteiger partial charge in [-0.3, -0.25) is 9.98 Å². The van der Waals surface area contributed by atoms with Gasteiger partial charge in [-0.15, -0.1) is 0 Å². The fourth-order valence-corrected chi connectivity index (χ4v) is 5.15. The normalized spacial score (nSPS) is 11.7. The average Bonchev–Trinajstić information content (AvgIpc) is 3.04. The molecule has 2 N–H and O–H groups in total. The summed E-state index contributed by atoms with van der Waals surface area (Å²) in [4.78, 5) is 9.56. The van der Waals surface area contributed by atoms with Crippen LogP contribution < -0.4 is 4.74 Å². The maximum absolute atomic E-state index is 11.2. The molecule has 0 fully saturated rings. The Bertz CT molecular complexity index is 1810. The fourth-order valence-electron chi connectivity index (χ4n) is 5.15. The molecule has 5 nitrogen and oxygen atoms in total. The van der Waals surface area contributed by atoms with Crippen LogP contribution in [0.15, 0.2) is 113 Å². The third-order valence-corrected chi connectivity index (χ3v) is 7.66. The standard InChI is InChI=1S/C39H38N2O3/c1-25(2)34-20-29(27-12-8-6-9-13-27)18-31(38(34)42)23-40-36-17-16-33(44-5)22-37(36)41-24-32-19-30(28-14-10-7-11-15-28)21-35(26(3)4)39(32)43/h6-26,42-43H,1-5H3. The number of hydrogen-bond acceptors (Lipinski definition) is 5. The quantitative estimate of drug-likeness (QED) is 0.170. The fraction of sp³-hybridized carbons (Fsp3) is 0.179. The Morgan fingerprint density at radius 2 is 1.00 bits per heavy atom. The predicted octanol–water partition coefficient (Wildman–Crippen LogP) is 10.2. The maximum Gasteiger partial charge on any atom is 0.127 e. The van der Waals surface area contributed by atoms with Crippen LogP contribution in [0.4, 0.5) is 11.4 Å². The van der Waals surface area contributed by atoms with E-state index >= 15 is 0 Å². The van der Waals surface area contributed by atoms with Gasteiger partial charge in [0.25, 0.3) is 0 Å². The van der Waals surface area contributed by atoms with E-state index in [9.17, 15) is 10.2 Å². The van der Waals surface area contributed by atoms with E-state index in [-0.39, 0.29) is 23.3 Å². The molecule has 222 valence electrons. The highest BCUT2D eigenvalue weighted by molar-refractivity contribution is 5.92. The van der Waals surface area contributed by atoms with Crippen LogP contribution in [0.25, 0.3) is 22.3 Å². The lowest BCUT2D eigenvalue weighted by molar-refractivity contribution is 0.415. The second-order valence-electron chi connectivity index (χ2n) is 11.4. The van der Waals surface area contributed by atoms with Crippen LogP contribution in [0.1, 0.15) is 61.8 Å². The van der Waals surface area contributed by atoms with Gasteiger partial charge in [-0.1, -0.05) is 88.4 Å². The van der Waals surface area contributed by atoms with Crippen molar-refractivity contribution in [3.05, 3.63) is 125 Å². The lowest BCUT2D eigenvalue weighted by Gasteiger charge is -2.14. The van der Waals surface area contributed by atoms with Crippen LogP contribution in [0, 0.1) is 0 Å². The molecule has 5 rings (SSSR count). The first-order chi connectivity index (χ1) is 21.2. The van der Waals surface area contributed by atoms with Gasteiger partial charge in [0.15, 0.2) is 0 Å². The minimum Gasteiger partial charge on any atom is -0.507 e. The maximum atomic E-state index is 11.2. The lowest BCUT2D eigenvalue weighted by atomic mass is 9.93. The molecule has 0 amide bonds. The van der Waals surface area contributed by atoms with E-state index in [0.29, 0.717) is 28.3 Å². The number of aliphatic imine (C=N–C) groups is 2. The topological polar surface area (TPSA) is 74.4 Å². The molecule has 0 aliphatic carbocycles. The number of aromatic hydroxyl groups is 2. The van der Waals surface area contributed by atoms with Gasteiger partial charge < -0.3 is 14.9 Å². The van der Waals surface area contributed by atoms with Crippen molar-refractivity contribution >= 4 is 23.8 Å². The zero-order chi connectivity index (χ0) is 31.2. The molecule has 5 aromatic rings. The second-order valence-corrected chi connectivity index (χ2v) is 11.4. The molecule has 0 aliphatic rings. The summed E-state index contributed by atoms with van der Waals surface area (Å²) in [5.41, 5.74) is 8.26. The number of methoxy groups -OCH3 is 1. The van der Waals surface area contributed by atoms with Crippen LogP contribution in [0.2, 0.25) is 0 Å². The summed E-state index contributed by atoms with van der Waals surface area (Å²) in [6.45, 7) is 8.25. The van der Waals surface area contributed by atoms with Crippen molar-refractivity contribution in [1.82, 2.24) is 0 Å². The Morgan fingerprint density at radius 3 is 1.43 bits per heavy atom. The number of rotatable bonds is 9. The molecule has 5 heteroatoms. The number of ether oxygens (including phenoxy) is 1. The molecule has 0 spiro atoms. The summed E-state index contributed by atoms with van der Waals surface area (Å²) >= 11 is 0. The largest absolute Gasteiger partial charge is 0.507 e. The van der Waals surface area contributed by atoms with E-state index in [2.05, 4.69) is 52.0 Å². The second kappa shape index (κ2) is 13.4. The Hall–Kier alpha value is -5.16. The van der Waals surface area contributed by atoms with Crippen LogP contribution in [0.3, 0.4) is 0 Å². The molecule has 0 saturated carbocycles. The van der Waals surface area contributed by atoms with Gasteiger partial charge >= 0.3 is 0 Å². The average molecular weight is 583 g/mol. The van der Waals surface area contributed by atoms with Crippen molar-refractivity contribution in [1.29, 1.82) is 0 Å². The van der Waals surface area contributed by atoms with Gasteiger partial charge in [-0.2, -0.15) is 0 Å². The molecule has 44 heavy (non-hydrogen) atoms. The van der Waals surface area contributed by atoms with Gasteiger partial charge in [0, 0.05) is 29.6 Å². The highest BCUT2D eigenvalue weighted by Gasteiger charge is 2.15. The van der Waals surface area contributed by atoms with Crippen LogP contribution in [-0.2, 0) is 0 Å². The Balaban J connectivity index is 1.57. The Morgan fingerprint density at radius 1 is 0.545 bits per heavy atom. The number of nitrogens with zero attached hydrogens (tertiary/aromatic N) is 2. The van der Waals surface area contributed by atoms with Crippen molar-refractivity contribution < 1.29 is 14.9 Å². The van der Waals surface area contributed by atoms with Crippen molar-refractivity contribution in [2.24, 2.45) is 9.98 Å². The van der Waals surface area contributed by atoms with E-state index in [0.717, 1.165) is 33.4 Å². The molecule has 0 heterocycles. The van der Waals surface area contributed by atoms with Crippen molar-refractivity contribution in [3.8, 4) is 39.5 Å². The van der Waals surface area contributed by atoms with E-state index in [1.807, 2.05) is 78.9 Å². The van der Waals surface area contributed by atoms with E-state index in [1.54, 1.807) is 19.5 Å². The molecular formula is C39H38N2O3. The smallest absolute Gasteiger partial charge is 0.127 e. The van der Waals surface area contributed by atoms with Gasteiger partial charge in [-0.05, 0) is 81.6 Å². The molecule has 0 aliphatic heterocycles. The zero-order valence-electron chi connectivity index (χ0n) is 25.8. The third-order valence-electron chi connectivity index (χ3n) is 7.66. The molecule has 0 atom stereocenters. The minimum absolute atomic E-state index is 0.123. The summed E-state index contributed by atoms with van der Waals surface area (Å²) in [5, 5.41) is 22.3. The van der Waals surface area contributed by atoms with Crippen LogP contribution >= 0.6 is 0 Å². The molecular weight excluding hydrogens is 544 g/mol. The number of hydrogen-bond donors (Lipinski definition) is 2. The summed E-state index contributed by atoms with van der Waals surface area (Å²) in [6, 6.07) is 33.7. The first-order valence-electron chi connectivity index (χ1n) is 14.9. The monoisotopic (exact) mass is 582 g/mol. The number of benzene rings is 5. The van der Waals surface area contributed by atoms with Crippen molar-refractivity contribution in [2.45, 2.75) is 39.5 Å². The SMILES string of the molecule is COc1ccc(N=Cc2cc(-c3ccccc3)cc(C(C)C)c2O)c(N=Cc2cc(-c3ccccc3)cc(C(C)C)c2O)c1. The van der Waals surface area contributed by atoms with E-state index in [1.165, 1.54) is 0 Å². The van der Waals surface area contributed by atoms with Crippen LogP contribution in [-0.4, -0.2) is 29.8 Å². The first-order valence-corrected chi connectivity index (χ1v) is 14.9. The lowest BCUT2D eigenvalue weighted by Crippen LogP contribution is -1.95. The molecule has 0 aromatic heterocycles. The summed E-state index contributed by atoms with van der Waals surface area (Å²) in [5.74, 6) is 1.31. The number of phenols is 2. The van der Waals surface area contributed by atoms with E-state index < -0.39 is 0 Å². The van der Waals surface area contributed by atoms with Gasteiger partial charge in [-0.25, -0.2) is 0 Å². The summed E-state index contributed by atoms with van der Waals surface area (Å²) in [6.07, 6.45) is 3.35. The Kier molecular flexibility index (Phi) is 9.25. The molecule has 0 radical (unpaired) electrons. The molecule has 0 saturated heterocycles.